The van der Waals surface area contributed by atoms with E-state index >= 15 is 0 Å². The Morgan fingerprint density at radius 1 is 1.27 bits per heavy atom. The minimum absolute atomic E-state index is 0.528. The molecular weight excluding hydrogens is 237 g/mol. The van der Waals surface area contributed by atoms with Gasteiger partial charge in [-0.05, 0) is 13.8 Å². The van der Waals surface area contributed by atoms with E-state index in [9.17, 15) is 21.6 Å². The zero-order valence-electron chi connectivity index (χ0n) is 8.22. The van der Waals surface area contributed by atoms with Crippen LogP contribution in [-0.4, -0.2) is 38.4 Å². The van der Waals surface area contributed by atoms with E-state index in [0.29, 0.717) is 0 Å². The normalized spacial score (nSPS) is 14.3. The fourth-order valence-electron chi connectivity index (χ4n) is 0.609. The third-order valence-corrected chi connectivity index (χ3v) is 2.61. The standard InChI is InChI=1S/C6H13F3N2O3S/c1-5(2,4-12)11-15(13,14)10-3-6(7,8)9/h10-12H,3-4H2,1-2H3. The van der Waals surface area contributed by atoms with Gasteiger partial charge in [-0.2, -0.15) is 31.0 Å². The van der Waals surface area contributed by atoms with Crippen LogP contribution in [0.5, 0.6) is 0 Å². The molecule has 0 rings (SSSR count). The van der Waals surface area contributed by atoms with Crippen LogP contribution in [0.1, 0.15) is 13.8 Å². The molecule has 0 aliphatic rings. The minimum Gasteiger partial charge on any atom is -0.394 e. The van der Waals surface area contributed by atoms with Crippen LogP contribution in [0, 0.1) is 0 Å². The molecule has 92 valence electrons. The highest BCUT2D eigenvalue weighted by atomic mass is 32.2. The van der Waals surface area contributed by atoms with Crippen LogP contribution < -0.4 is 9.44 Å². The Morgan fingerprint density at radius 2 is 1.73 bits per heavy atom. The molecule has 3 N–H and O–H groups in total. The molecule has 15 heavy (non-hydrogen) atoms. The Kier molecular flexibility index (Phi) is 4.52. The Hall–Kier alpha value is -0.380. The van der Waals surface area contributed by atoms with Crippen LogP contribution in [-0.2, 0) is 10.2 Å². The number of nitrogens with one attached hydrogen (secondary N) is 2. The first-order valence-electron chi connectivity index (χ1n) is 3.94. The van der Waals surface area contributed by atoms with Gasteiger partial charge in [-0.3, -0.25) is 0 Å². The summed E-state index contributed by atoms with van der Waals surface area (Å²) in [5.41, 5.74) is -1.21. The maximum absolute atomic E-state index is 11.7. The number of hydrogen-bond donors (Lipinski definition) is 3. The van der Waals surface area contributed by atoms with E-state index in [1.54, 1.807) is 0 Å². The molecule has 0 bridgehead atoms. The van der Waals surface area contributed by atoms with Crippen LogP contribution in [0.15, 0.2) is 0 Å². The van der Waals surface area contributed by atoms with Gasteiger partial charge in [0.05, 0.1) is 12.1 Å². The van der Waals surface area contributed by atoms with Crippen LogP contribution in [0.2, 0.25) is 0 Å². The highest BCUT2D eigenvalue weighted by Crippen LogP contribution is 2.12. The monoisotopic (exact) mass is 250 g/mol. The summed E-state index contributed by atoms with van der Waals surface area (Å²) in [6.45, 7) is 0.489. The maximum Gasteiger partial charge on any atom is 0.402 e. The summed E-state index contributed by atoms with van der Waals surface area (Å²) < 4.78 is 60.3. The molecule has 0 aromatic heterocycles. The predicted molar refractivity (Wildman–Crippen MR) is 47.3 cm³/mol. The number of halogens is 3. The second-order valence-corrected chi connectivity index (χ2v) is 5.08. The van der Waals surface area contributed by atoms with E-state index in [1.807, 2.05) is 4.72 Å². The van der Waals surface area contributed by atoms with E-state index < -0.39 is 35.1 Å². The third-order valence-electron chi connectivity index (χ3n) is 1.27. The second kappa shape index (κ2) is 4.64. The summed E-state index contributed by atoms with van der Waals surface area (Å²) in [6, 6.07) is 0. The first-order valence-corrected chi connectivity index (χ1v) is 5.42. The molecule has 0 aromatic rings. The van der Waals surface area contributed by atoms with E-state index in [4.69, 9.17) is 5.11 Å². The number of hydrogen-bond acceptors (Lipinski definition) is 3. The lowest BCUT2D eigenvalue weighted by Gasteiger charge is -2.23. The van der Waals surface area contributed by atoms with Crippen molar-refractivity contribution in [1.82, 2.24) is 9.44 Å². The van der Waals surface area contributed by atoms with E-state index in [2.05, 4.69) is 0 Å². The maximum atomic E-state index is 11.7. The Morgan fingerprint density at radius 3 is 2.07 bits per heavy atom. The first-order chi connectivity index (χ1) is 6.47. The van der Waals surface area contributed by atoms with Crippen LogP contribution in [0.25, 0.3) is 0 Å². The summed E-state index contributed by atoms with van der Waals surface area (Å²) in [4.78, 5) is 0. The smallest absolute Gasteiger partial charge is 0.394 e. The Labute approximate surface area is 85.9 Å². The molecule has 0 saturated carbocycles. The fourth-order valence-corrected chi connectivity index (χ4v) is 1.83. The van der Waals surface area contributed by atoms with Crippen molar-refractivity contribution in [3.8, 4) is 0 Å². The van der Waals surface area contributed by atoms with Crippen molar-refractivity contribution in [1.29, 1.82) is 0 Å². The summed E-state index contributed by atoms with van der Waals surface area (Å²) in [7, 11) is -4.26. The zero-order valence-corrected chi connectivity index (χ0v) is 9.04. The Balaban J connectivity index is 4.34. The summed E-state index contributed by atoms with van der Waals surface area (Å²) in [6.07, 6.45) is -4.61. The van der Waals surface area contributed by atoms with Crippen LogP contribution in [0.4, 0.5) is 13.2 Å². The topological polar surface area (TPSA) is 78.4 Å². The fraction of sp³-hybridized carbons (Fsp3) is 1.00. The average Bonchev–Trinajstić information content (AvgIpc) is 1.98. The van der Waals surface area contributed by atoms with Crippen molar-refractivity contribution in [3.05, 3.63) is 0 Å². The number of rotatable bonds is 5. The van der Waals surface area contributed by atoms with Gasteiger partial charge in [0.25, 0.3) is 10.2 Å². The quantitative estimate of drug-likeness (QED) is 0.629. The van der Waals surface area contributed by atoms with Crippen molar-refractivity contribution in [2.45, 2.75) is 25.6 Å². The molecule has 0 fully saturated rings. The molecular formula is C6H13F3N2O3S. The molecule has 0 aromatic carbocycles. The Bertz CT molecular complexity index is 299. The molecule has 0 aliphatic heterocycles. The summed E-state index contributed by atoms with van der Waals surface area (Å²) in [5.74, 6) is 0. The molecule has 9 heteroatoms. The van der Waals surface area contributed by atoms with Gasteiger partial charge in [0.15, 0.2) is 0 Å². The van der Waals surface area contributed by atoms with Gasteiger partial charge in [-0.15, -0.1) is 0 Å². The van der Waals surface area contributed by atoms with Gasteiger partial charge in [-0.1, -0.05) is 0 Å². The molecule has 0 saturated heterocycles. The summed E-state index contributed by atoms with van der Waals surface area (Å²) in [5, 5.41) is 8.71. The number of alkyl halides is 3. The average molecular weight is 250 g/mol. The van der Waals surface area contributed by atoms with Gasteiger partial charge in [0.1, 0.15) is 6.54 Å². The predicted octanol–water partition coefficient (Wildman–Crippen LogP) is -0.256. The second-order valence-electron chi connectivity index (χ2n) is 3.58. The third kappa shape index (κ3) is 7.54. The van der Waals surface area contributed by atoms with Gasteiger partial charge < -0.3 is 5.11 Å². The molecule has 0 atom stereocenters. The minimum atomic E-state index is -4.61. The van der Waals surface area contributed by atoms with E-state index in [-0.39, 0.29) is 0 Å². The molecule has 0 unspecified atom stereocenters. The van der Waals surface area contributed by atoms with Crippen molar-refractivity contribution < 1.29 is 26.7 Å². The zero-order chi connectivity index (χ0) is 12.3. The largest absolute Gasteiger partial charge is 0.402 e. The lowest BCUT2D eigenvalue weighted by Crippen LogP contribution is -2.52. The van der Waals surface area contributed by atoms with Crippen molar-refractivity contribution in [2.75, 3.05) is 13.2 Å². The molecule has 0 aliphatic carbocycles. The lowest BCUT2D eigenvalue weighted by atomic mass is 10.1. The summed E-state index contributed by atoms with van der Waals surface area (Å²) >= 11 is 0. The molecule has 0 radical (unpaired) electrons. The van der Waals surface area contributed by atoms with Crippen molar-refractivity contribution >= 4 is 10.2 Å². The van der Waals surface area contributed by atoms with E-state index in [0.717, 1.165) is 0 Å². The lowest BCUT2D eigenvalue weighted by molar-refractivity contribution is -0.121. The van der Waals surface area contributed by atoms with Crippen molar-refractivity contribution in [3.63, 3.8) is 0 Å². The van der Waals surface area contributed by atoms with E-state index in [1.165, 1.54) is 18.6 Å². The van der Waals surface area contributed by atoms with Crippen LogP contribution >= 0.6 is 0 Å². The van der Waals surface area contributed by atoms with Gasteiger partial charge in [0.2, 0.25) is 0 Å². The van der Waals surface area contributed by atoms with Crippen LogP contribution in [0.3, 0.4) is 0 Å². The first kappa shape index (κ1) is 14.6. The van der Waals surface area contributed by atoms with Gasteiger partial charge >= 0.3 is 6.18 Å². The molecule has 0 heterocycles. The SMILES string of the molecule is CC(C)(CO)NS(=O)(=O)NCC(F)(F)F. The molecule has 0 spiro atoms. The number of aliphatic hydroxyl groups is 1. The molecule has 0 amide bonds. The number of aliphatic hydroxyl groups excluding tert-OH is 1. The van der Waals surface area contributed by atoms with Gasteiger partial charge in [0, 0.05) is 0 Å². The highest BCUT2D eigenvalue weighted by Gasteiger charge is 2.31. The van der Waals surface area contributed by atoms with Gasteiger partial charge in [-0.25, -0.2) is 0 Å². The van der Waals surface area contributed by atoms with Crippen molar-refractivity contribution in [2.24, 2.45) is 0 Å². The highest BCUT2D eigenvalue weighted by molar-refractivity contribution is 7.87. The molecule has 5 nitrogen and oxygen atoms in total.